The van der Waals surface area contributed by atoms with Gasteiger partial charge in [-0.15, -0.1) is 0 Å². The van der Waals surface area contributed by atoms with Crippen molar-refractivity contribution in [3.05, 3.63) is 23.7 Å². The lowest BCUT2D eigenvalue weighted by molar-refractivity contribution is 0.774. The number of imidazole rings is 1. The van der Waals surface area contributed by atoms with Crippen molar-refractivity contribution >= 4 is 11.2 Å². The summed E-state index contributed by atoms with van der Waals surface area (Å²) >= 11 is 0. The minimum absolute atomic E-state index is 0.746. The van der Waals surface area contributed by atoms with Gasteiger partial charge in [-0.3, -0.25) is 0 Å². The molecule has 0 radical (unpaired) electrons. The van der Waals surface area contributed by atoms with Gasteiger partial charge in [0.1, 0.15) is 5.82 Å². The van der Waals surface area contributed by atoms with Crippen LogP contribution in [0.1, 0.15) is 11.4 Å². The van der Waals surface area contributed by atoms with E-state index in [9.17, 15) is 0 Å². The molecule has 0 aromatic carbocycles. The summed E-state index contributed by atoms with van der Waals surface area (Å²) in [5.41, 5.74) is 3.01. The summed E-state index contributed by atoms with van der Waals surface area (Å²) in [6.45, 7) is 2.79. The molecule has 2 rings (SSSR count). The molecule has 0 spiro atoms. The van der Waals surface area contributed by atoms with Crippen LogP contribution >= 0.6 is 0 Å². The number of rotatable bonds is 2. The third-order valence-electron chi connectivity index (χ3n) is 1.99. The number of fused-ring (bicyclic) bond motifs is 1. The van der Waals surface area contributed by atoms with Gasteiger partial charge in [-0.1, -0.05) is 0 Å². The Balaban J connectivity index is 2.55. The summed E-state index contributed by atoms with van der Waals surface area (Å²) in [7, 11) is 1.90. The lowest BCUT2D eigenvalue weighted by Gasteiger charge is -1.91. The molecule has 13 heavy (non-hydrogen) atoms. The Morgan fingerprint density at radius 3 is 3.08 bits per heavy atom. The van der Waals surface area contributed by atoms with E-state index in [2.05, 4.69) is 20.3 Å². The number of nitrogens with zero attached hydrogens (tertiary/aromatic N) is 2. The second kappa shape index (κ2) is 3.14. The molecule has 0 saturated heterocycles. The summed E-state index contributed by atoms with van der Waals surface area (Å²) in [4.78, 5) is 11.7. The number of aromatic nitrogens is 3. The molecule has 0 fully saturated rings. The fourth-order valence-corrected chi connectivity index (χ4v) is 1.33. The van der Waals surface area contributed by atoms with Crippen LogP contribution in [0.25, 0.3) is 11.2 Å². The normalized spacial score (nSPS) is 10.9. The number of aromatic amines is 1. The van der Waals surface area contributed by atoms with E-state index in [1.165, 1.54) is 5.56 Å². The fraction of sp³-hybridized carbons (Fsp3) is 0.333. The molecule has 0 unspecified atom stereocenters. The van der Waals surface area contributed by atoms with Crippen LogP contribution in [-0.4, -0.2) is 22.0 Å². The molecule has 2 N–H and O–H groups in total. The van der Waals surface area contributed by atoms with Gasteiger partial charge in [-0.2, -0.15) is 0 Å². The van der Waals surface area contributed by atoms with Crippen molar-refractivity contribution in [2.75, 3.05) is 7.05 Å². The Kier molecular flexibility index (Phi) is 1.98. The zero-order valence-electron chi connectivity index (χ0n) is 7.76. The Labute approximate surface area is 76.4 Å². The van der Waals surface area contributed by atoms with Crippen LogP contribution in [0.15, 0.2) is 12.3 Å². The van der Waals surface area contributed by atoms with E-state index in [0.717, 1.165) is 23.5 Å². The molecule has 0 saturated carbocycles. The minimum Gasteiger partial charge on any atom is -0.339 e. The second-order valence-corrected chi connectivity index (χ2v) is 3.04. The van der Waals surface area contributed by atoms with E-state index >= 15 is 0 Å². The van der Waals surface area contributed by atoms with Gasteiger partial charge in [0.15, 0.2) is 5.65 Å². The van der Waals surface area contributed by atoms with Gasteiger partial charge in [-0.05, 0) is 25.6 Å². The lowest BCUT2D eigenvalue weighted by Crippen LogP contribution is -2.06. The van der Waals surface area contributed by atoms with Crippen LogP contribution in [0.3, 0.4) is 0 Å². The van der Waals surface area contributed by atoms with Crippen LogP contribution in [-0.2, 0) is 6.54 Å². The molecular formula is C9H12N4. The third kappa shape index (κ3) is 1.40. The summed E-state index contributed by atoms with van der Waals surface area (Å²) < 4.78 is 0. The van der Waals surface area contributed by atoms with Crippen LogP contribution in [0.2, 0.25) is 0 Å². The minimum atomic E-state index is 0.746. The maximum Gasteiger partial charge on any atom is 0.178 e. The number of hydrogen-bond donors (Lipinski definition) is 2. The van der Waals surface area contributed by atoms with E-state index in [4.69, 9.17) is 0 Å². The molecule has 0 aliphatic heterocycles. The molecule has 4 heteroatoms. The van der Waals surface area contributed by atoms with Gasteiger partial charge in [0, 0.05) is 6.20 Å². The molecule has 0 aliphatic rings. The first-order chi connectivity index (χ1) is 6.31. The van der Waals surface area contributed by atoms with Crippen molar-refractivity contribution in [1.82, 2.24) is 20.3 Å². The summed E-state index contributed by atoms with van der Waals surface area (Å²) in [5, 5.41) is 3.04. The zero-order valence-corrected chi connectivity index (χ0v) is 7.76. The largest absolute Gasteiger partial charge is 0.339 e. The molecule has 0 atom stereocenters. The monoisotopic (exact) mass is 176 g/mol. The summed E-state index contributed by atoms with van der Waals surface area (Å²) in [6.07, 6.45) is 1.78. The summed E-state index contributed by atoms with van der Waals surface area (Å²) in [5.74, 6) is 0.930. The van der Waals surface area contributed by atoms with Crippen LogP contribution in [0, 0.1) is 6.92 Å². The fourth-order valence-electron chi connectivity index (χ4n) is 1.33. The van der Waals surface area contributed by atoms with Gasteiger partial charge < -0.3 is 10.3 Å². The zero-order chi connectivity index (χ0) is 9.26. The van der Waals surface area contributed by atoms with Gasteiger partial charge in [-0.25, -0.2) is 9.97 Å². The third-order valence-corrected chi connectivity index (χ3v) is 1.99. The number of aryl methyl sites for hydroxylation is 1. The quantitative estimate of drug-likeness (QED) is 0.717. The predicted octanol–water partition coefficient (Wildman–Crippen LogP) is 0.986. The van der Waals surface area contributed by atoms with Gasteiger partial charge in [0.05, 0.1) is 12.1 Å². The number of pyridine rings is 1. The average molecular weight is 176 g/mol. The van der Waals surface area contributed by atoms with Crippen molar-refractivity contribution < 1.29 is 0 Å². The first-order valence-corrected chi connectivity index (χ1v) is 4.26. The first-order valence-electron chi connectivity index (χ1n) is 4.26. The molecule has 0 bridgehead atoms. The Morgan fingerprint density at radius 2 is 2.38 bits per heavy atom. The Bertz CT molecular complexity index is 418. The van der Waals surface area contributed by atoms with Gasteiger partial charge >= 0.3 is 0 Å². The van der Waals surface area contributed by atoms with Crippen LogP contribution in [0.4, 0.5) is 0 Å². The van der Waals surface area contributed by atoms with E-state index in [1.54, 1.807) is 6.20 Å². The molecule has 4 nitrogen and oxygen atoms in total. The average Bonchev–Trinajstić information content (AvgIpc) is 2.49. The lowest BCUT2D eigenvalue weighted by atomic mass is 10.3. The number of nitrogens with one attached hydrogen (secondary N) is 2. The predicted molar refractivity (Wildman–Crippen MR) is 51.4 cm³/mol. The second-order valence-electron chi connectivity index (χ2n) is 3.04. The molecule has 2 aromatic heterocycles. The number of hydrogen-bond acceptors (Lipinski definition) is 3. The maximum atomic E-state index is 4.33. The van der Waals surface area contributed by atoms with Crippen molar-refractivity contribution in [2.45, 2.75) is 13.5 Å². The molecule has 68 valence electrons. The highest BCUT2D eigenvalue weighted by Crippen LogP contribution is 2.12. The highest BCUT2D eigenvalue weighted by atomic mass is 15.0. The Hall–Kier alpha value is -1.42. The van der Waals surface area contributed by atoms with E-state index in [0.29, 0.717) is 0 Å². The van der Waals surface area contributed by atoms with Crippen LogP contribution < -0.4 is 5.32 Å². The van der Waals surface area contributed by atoms with Crippen LogP contribution in [0.5, 0.6) is 0 Å². The molecule has 0 amide bonds. The molecule has 0 aliphatic carbocycles. The van der Waals surface area contributed by atoms with Crippen molar-refractivity contribution in [2.24, 2.45) is 0 Å². The molecule has 2 aromatic rings. The van der Waals surface area contributed by atoms with Gasteiger partial charge in [0.25, 0.3) is 0 Å². The highest BCUT2D eigenvalue weighted by molar-refractivity contribution is 5.74. The smallest absolute Gasteiger partial charge is 0.178 e. The first kappa shape index (κ1) is 8.19. The maximum absolute atomic E-state index is 4.33. The van der Waals surface area contributed by atoms with E-state index in [-0.39, 0.29) is 0 Å². The Morgan fingerprint density at radius 1 is 1.54 bits per heavy atom. The van der Waals surface area contributed by atoms with Gasteiger partial charge in [0.2, 0.25) is 0 Å². The standard InChI is InChI=1S/C9H12N4/c1-6-3-4-11-9-8(6)12-7(13-9)5-10-2/h3-4,10H,5H2,1-2H3,(H,11,12,13). The number of H-pyrrole nitrogens is 1. The van der Waals surface area contributed by atoms with E-state index < -0.39 is 0 Å². The SMILES string of the molecule is CNCc1nc2nccc(C)c2[nH]1. The van der Waals surface area contributed by atoms with E-state index in [1.807, 2.05) is 20.0 Å². The highest BCUT2D eigenvalue weighted by Gasteiger charge is 2.03. The molecule has 2 heterocycles. The topological polar surface area (TPSA) is 53.6 Å². The summed E-state index contributed by atoms with van der Waals surface area (Å²) in [6, 6.07) is 1.98. The van der Waals surface area contributed by atoms with Crippen molar-refractivity contribution in [1.29, 1.82) is 0 Å². The van der Waals surface area contributed by atoms with Crippen molar-refractivity contribution in [3.63, 3.8) is 0 Å². The van der Waals surface area contributed by atoms with Crippen molar-refractivity contribution in [3.8, 4) is 0 Å². The molecular weight excluding hydrogens is 164 g/mol.